The van der Waals surface area contributed by atoms with Crippen molar-refractivity contribution < 1.29 is 28.5 Å². The van der Waals surface area contributed by atoms with Crippen LogP contribution in [0, 0.1) is 0 Å². The number of halogens is 1. The van der Waals surface area contributed by atoms with Crippen LogP contribution < -0.4 is 19.5 Å². The molecule has 7 nitrogen and oxygen atoms in total. The summed E-state index contributed by atoms with van der Waals surface area (Å²) < 4.78 is 21.1. The molecule has 1 aliphatic heterocycles. The molecule has 0 spiro atoms. The van der Waals surface area contributed by atoms with Gasteiger partial charge in [0.1, 0.15) is 19.0 Å². The number of carbonyl (C=O) groups is 2. The fraction of sp³-hybridized carbons (Fsp3) is 0.300. The van der Waals surface area contributed by atoms with E-state index in [1.807, 2.05) is 18.2 Å². The minimum absolute atomic E-state index is 0.301. The Morgan fingerprint density at radius 3 is 2.68 bits per heavy atom. The Hall–Kier alpha value is -2.93. The molecule has 0 atom stereocenters. The number of fused-ring (bicyclic) bond motifs is 1. The van der Waals surface area contributed by atoms with Gasteiger partial charge in [-0.25, -0.2) is 4.79 Å². The molecule has 28 heavy (non-hydrogen) atoms. The summed E-state index contributed by atoms with van der Waals surface area (Å²) in [5, 5.41) is 3.20. The summed E-state index contributed by atoms with van der Waals surface area (Å²) in [5.74, 6) is 0.874. The van der Waals surface area contributed by atoms with Gasteiger partial charge in [0.15, 0.2) is 24.7 Å². The molecule has 0 aromatic heterocycles. The third-order valence-electron chi connectivity index (χ3n) is 3.86. The van der Waals surface area contributed by atoms with E-state index < -0.39 is 5.97 Å². The van der Waals surface area contributed by atoms with Gasteiger partial charge in [-0.3, -0.25) is 4.79 Å². The molecule has 0 saturated heterocycles. The molecule has 1 amide bonds. The lowest BCUT2D eigenvalue weighted by Crippen LogP contribution is -2.31. The van der Waals surface area contributed by atoms with E-state index in [0.29, 0.717) is 42.7 Å². The highest BCUT2D eigenvalue weighted by molar-refractivity contribution is 6.30. The van der Waals surface area contributed by atoms with E-state index in [2.05, 4.69) is 5.32 Å². The minimum atomic E-state index is -0.637. The maximum absolute atomic E-state index is 11.8. The molecule has 148 valence electrons. The van der Waals surface area contributed by atoms with Crippen molar-refractivity contribution in [1.82, 2.24) is 5.32 Å². The summed E-state index contributed by atoms with van der Waals surface area (Å²) >= 11 is 5.83. The van der Waals surface area contributed by atoms with Crippen molar-refractivity contribution >= 4 is 23.5 Å². The van der Waals surface area contributed by atoms with Crippen LogP contribution in [0.3, 0.4) is 0 Å². The first-order chi connectivity index (χ1) is 13.6. The predicted molar refractivity (Wildman–Crippen MR) is 102 cm³/mol. The van der Waals surface area contributed by atoms with Crippen LogP contribution in [0.1, 0.15) is 5.56 Å². The first-order valence-corrected chi connectivity index (χ1v) is 9.17. The van der Waals surface area contributed by atoms with Crippen molar-refractivity contribution in [2.45, 2.75) is 6.42 Å². The summed E-state index contributed by atoms with van der Waals surface area (Å²) in [6.45, 7) is 0.823. The molecule has 0 radical (unpaired) electrons. The molecular weight excluding hydrogens is 386 g/mol. The molecule has 0 bridgehead atoms. The minimum Gasteiger partial charge on any atom is -0.486 e. The number of amides is 1. The molecule has 0 fully saturated rings. The largest absolute Gasteiger partial charge is 0.486 e. The van der Waals surface area contributed by atoms with E-state index in [1.54, 1.807) is 24.3 Å². The van der Waals surface area contributed by atoms with Crippen molar-refractivity contribution in [2.24, 2.45) is 0 Å². The third kappa shape index (κ3) is 6.06. The highest BCUT2D eigenvalue weighted by Crippen LogP contribution is 2.30. The lowest BCUT2D eigenvalue weighted by molar-refractivity contribution is -0.150. The van der Waals surface area contributed by atoms with Crippen molar-refractivity contribution in [3.63, 3.8) is 0 Å². The van der Waals surface area contributed by atoms with Gasteiger partial charge in [-0.15, -0.1) is 0 Å². The maximum atomic E-state index is 11.8. The molecular formula is C20H20ClNO6. The summed E-state index contributed by atoms with van der Waals surface area (Å²) in [4.78, 5) is 23.4. The zero-order chi connectivity index (χ0) is 19.8. The number of esters is 1. The second-order valence-corrected chi connectivity index (χ2v) is 6.42. The average Bonchev–Trinajstić information content (AvgIpc) is 2.71. The van der Waals surface area contributed by atoms with E-state index in [1.165, 1.54) is 0 Å². The fourth-order valence-corrected chi connectivity index (χ4v) is 2.71. The Labute approximate surface area is 167 Å². The van der Waals surface area contributed by atoms with Crippen molar-refractivity contribution in [1.29, 1.82) is 0 Å². The predicted octanol–water partition coefficient (Wildman–Crippen LogP) is 2.39. The maximum Gasteiger partial charge on any atom is 0.344 e. The van der Waals surface area contributed by atoms with E-state index in [0.717, 1.165) is 11.3 Å². The monoisotopic (exact) mass is 405 g/mol. The summed E-state index contributed by atoms with van der Waals surface area (Å²) in [6, 6.07) is 12.3. The molecule has 8 heteroatoms. The number of benzene rings is 2. The first-order valence-electron chi connectivity index (χ1n) is 8.79. The zero-order valence-electron chi connectivity index (χ0n) is 15.1. The van der Waals surface area contributed by atoms with Crippen LogP contribution in [-0.2, 0) is 20.7 Å². The normalized spacial score (nSPS) is 12.2. The quantitative estimate of drug-likeness (QED) is 0.679. The number of nitrogens with one attached hydrogen (secondary N) is 1. The Bertz CT molecular complexity index is 841. The van der Waals surface area contributed by atoms with Crippen LogP contribution in [0.4, 0.5) is 0 Å². The molecule has 1 N–H and O–H groups in total. The van der Waals surface area contributed by atoms with Gasteiger partial charge in [0, 0.05) is 11.6 Å². The third-order valence-corrected chi connectivity index (χ3v) is 4.09. The van der Waals surface area contributed by atoms with Gasteiger partial charge < -0.3 is 24.3 Å². The second kappa shape index (κ2) is 9.85. The van der Waals surface area contributed by atoms with Gasteiger partial charge in [-0.2, -0.15) is 0 Å². The smallest absolute Gasteiger partial charge is 0.344 e. The Kier molecular flexibility index (Phi) is 6.97. The van der Waals surface area contributed by atoms with Crippen molar-refractivity contribution in [3.8, 4) is 17.2 Å². The van der Waals surface area contributed by atoms with E-state index >= 15 is 0 Å². The number of hydrogen-bond donors (Lipinski definition) is 1. The second-order valence-electron chi connectivity index (χ2n) is 5.98. The first kappa shape index (κ1) is 19.8. The summed E-state index contributed by atoms with van der Waals surface area (Å²) in [5.41, 5.74) is 1.01. The molecule has 1 heterocycles. The number of carbonyl (C=O) groups excluding carboxylic acids is 2. The van der Waals surface area contributed by atoms with Crippen LogP contribution >= 0.6 is 11.6 Å². The SMILES string of the molecule is O=C(COC(=O)COc1cccc(Cl)c1)NCCc1ccc2c(c1)OCCO2. The van der Waals surface area contributed by atoms with Gasteiger partial charge >= 0.3 is 5.97 Å². The van der Waals surface area contributed by atoms with Crippen LogP contribution in [0.5, 0.6) is 17.2 Å². The van der Waals surface area contributed by atoms with Crippen LogP contribution in [0.25, 0.3) is 0 Å². The molecule has 2 aromatic rings. The molecule has 0 saturated carbocycles. The van der Waals surface area contributed by atoms with Crippen molar-refractivity contribution in [2.75, 3.05) is 33.0 Å². The Balaban J connectivity index is 1.32. The van der Waals surface area contributed by atoms with Gasteiger partial charge in [0.05, 0.1) is 0 Å². The highest BCUT2D eigenvalue weighted by atomic mass is 35.5. The summed E-state index contributed by atoms with van der Waals surface area (Å²) in [6.07, 6.45) is 0.619. The Morgan fingerprint density at radius 1 is 1.04 bits per heavy atom. The fourth-order valence-electron chi connectivity index (χ4n) is 2.53. The number of ether oxygens (including phenoxy) is 4. The molecule has 0 unspecified atom stereocenters. The topological polar surface area (TPSA) is 83.1 Å². The highest BCUT2D eigenvalue weighted by Gasteiger charge is 2.12. The van der Waals surface area contributed by atoms with Gasteiger partial charge in [0.2, 0.25) is 0 Å². The van der Waals surface area contributed by atoms with Crippen LogP contribution in [0.15, 0.2) is 42.5 Å². The number of hydrogen-bond acceptors (Lipinski definition) is 6. The van der Waals surface area contributed by atoms with E-state index in [9.17, 15) is 9.59 Å². The standard InChI is InChI=1S/C20H20ClNO6/c21-15-2-1-3-16(11-15)27-13-20(24)28-12-19(23)22-7-6-14-4-5-17-18(10-14)26-9-8-25-17/h1-5,10-11H,6-9,12-13H2,(H,22,23). The van der Waals surface area contributed by atoms with Crippen LogP contribution in [-0.4, -0.2) is 44.8 Å². The van der Waals surface area contributed by atoms with Gasteiger partial charge in [-0.05, 0) is 42.3 Å². The lowest BCUT2D eigenvalue weighted by Gasteiger charge is -2.18. The summed E-state index contributed by atoms with van der Waals surface area (Å²) in [7, 11) is 0. The zero-order valence-corrected chi connectivity index (χ0v) is 15.9. The Morgan fingerprint density at radius 2 is 1.86 bits per heavy atom. The van der Waals surface area contributed by atoms with E-state index in [-0.39, 0.29) is 19.1 Å². The molecule has 2 aromatic carbocycles. The van der Waals surface area contributed by atoms with Gasteiger partial charge in [0.25, 0.3) is 5.91 Å². The lowest BCUT2D eigenvalue weighted by atomic mass is 10.1. The molecule has 0 aliphatic carbocycles. The van der Waals surface area contributed by atoms with E-state index in [4.69, 9.17) is 30.5 Å². The van der Waals surface area contributed by atoms with Gasteiger partial charge in [-0.1, -0.05) is 23.7 Å². The average molecular weight is 406 g/mol. The molecule has 3 rings (SSSR count). The number of rotatable bonds is 8. The molecule has 1 aliphatic rings. The van der Waals surface area contributed by atoms with Crippen LogP contribution in [0.2, 0.25) is 5.02 Å². The van der Waals surface area contributed by atoms with Crippen molar-refractivity contribution in [3.05, 3.63) is 53.1 Å².